The van der Waals surface area contributed by atoms with E-state index in [1.165, 1.54) is 15.7 Å². The number of nitrogens with zero attached hydrogens (tertiary/aromatic N) is 8. The number of nitrogens with one attached hydrogen (secondary N) is 1. The van der Waals surface area contributed by atoms with Gasteiger partial charge in [0, 0.05) is 6.54 Å². The first-order valence-corrected chi connectivity index (χ1v) is 11.5. The number of carbonyl (C=O) groups is 1. The number of nitrogen functional groups attached to an aromatic ring is 1. The smallest absolute Gasteiger partial charge is 0.293 e. The average Bonchev–Trinajstić information content (AvgIpc) is 3.62. The molecule has 0 aliphatic carbocycles. The summed E-state index contributed by atoms with van der Waals surface area (Å²) in [5.41, 5.74) is 7.81. The highest BCUT2D eigenvalue weighted by atomic mass is 16.6. The third kappa shape index (κ3) is 4.61. The number of imidazole rings is 1. The van der Waals surface area contributed by atoms with E-state index in [1.54, 1.807) is 21.3 Å². The topological polar surface area (TPSA) is 199 Å². The second kappa shape index (κ2) is 10.4. The molecule has 0 bridgehead atoms. The fourth-order valence-corrected chi connectivity index (χ4v) is 4.27. The number of methoxy groups -OCH3 is 2. The molecule has 1 aliphatic heterocycles. The molecule has 0 amide bonds. The summed E-state index contributed by atoms with van der Waals surface area (Å²) in [6.07, 6.45) is -2.31. The highest BCUT2D eigenvalue weighted by molar-refractivity contribution is 5.83. The summed E-state index contributed by atoms with van der Waals surface area (Å²) in [6, 6.07) is 5.67. The molecule has 38 heavy (non-hydrogen) atoms. The zero-order chi connectivity index (χ0) is 26.8. The number of hydrogen-bond donors (Lipinski definition) is 3. The molecule has 4 N–H and O–H groups in total. The van der Waals surface area contributed by atoms with E-state index in [0.29, 0.717) is 35.6 Å². The van der Waals surface area contributed by atoms with Gasteiger partial charge < -0.3 is 35.1 Å². The number of aromatic nitrogens is 8. The summed E-state index contributed by atoms with van der Waals surface area (Å²) >= 11 is 0. The molecule has 0 spiro atoms. The average molecular weight is 527 g/mol. The minimum absolute atomic E-state index is 0.137. The van der Waals surface area contributed by atoms with Gasteiger partial charge in [0.2, 0.25) is 11.8 Å². The monoisotopic (exact) mass is 526 g/mol. The number of fused-ring (bicyclic) bond motifs is 1. The lowest BCUT2D eigenvalue weighted by atomic mass is 10.1. The Kier molecular flexibility index (Phi) is 6.89. The molecule has 0 unspecified atom stereocenters. The molecule has 4 aromatic rings. The standard InChI is InChI=1S/C22H26N10O6/c1-31-29-19(28-30-31)16-15(34)17(37-10-33)21(38-16)32-9-25-14-18(23)26-22(27-20(14)32)24-7-6-11-4-5-12(35-2)13(8-11)36-3/h4-5,8-10,15-17,21,34H,6-7H2,1-3H3,(H3,23,24,26,27)/t15-,16+,17-,21-/m1/s1. The van der Waals surface area contributed by atoms with Gasteiger partial charge in [-0.2, -0.15) is 14.8 Å². The van der Waals surface area contributed by atoms with Crippen molar-refractivity contribution in [2.75, 3.05) is 31.8 Å². The van der Waals surface area contributed by atoms with Crippen LogP contribution in [-0.4, -0.2) is 84.3 Å². The zero-order valence-electron chi connectivity index (χ0n) is 20.8. The lowest BCUT2D eigenvalue weighted by Gasteiger charge is -2.19. The van der Waals surface area contributed by atoms with Crippen LogP contribution in [0.25, 0.3) is 11.2 Å². The molecule has 1 fully saturated rings. The molecule has 4 atom stereocenters. The third-order valence-corrected chi connectivity index (χ3v) is 6.07. The summed E-state index contributed by atoms with van der Waals surface area (Å²) in [5.74, 6) is 1.82. The molecule has 1 aromatic carbocycles. The third-order valence-electron chi connectivity index (χ3n) is 6.07. The van der Waals surface area contributed by atoms with Gasteiger partial charge in [-0.1, -0.05) is 6.07 Å². The maximum absolute atomic E-state index is 11.2. The van der Waals surface area contributed by atoms with Crippen LogP contribution in [0.5, 0.6) is 11.5 Å². The summed E-state index contributed by atoms with van der Waals surface area (Å²) < 4.78 is 23.3. The van der Waals surface area contributed by atoms with Crippen LogP contribution in [-0.2, 0) is 27.7 Å². The molecular weight excluding hydrogens is 500 g/mol. The van der Waals surface area contributed by atoms with E-state index in [2.05, 4.69) is 35.7 Å². The number of aliphatic hydroxyl groups excluding tert-OH is 1. The predicted molar refractivity (Wildman–Crippen MR) is 130 cm³/mol. The van der Waals surface area contributed by atoms with Crippen molar-refractivity contribution >= 4 is 29.4 Å². The fourth-order valence-electron chi connectivity index (χ4n) is 4.27. The Labute approximate surface area is 215 Å². The van der Waals surface area contributed by atoms with E-state index < -0.39 is 24.5 Å². The summed E-state index contributed by atoms with van der Waals surface area (Å²) in [5, 5.41) is 25.8. The van der Waals surface area contributed by atoms with Crippen LogP contribution in [0.2, 0.25) is 0 Å². The number of anilines is 2. The number of aryl methyl sites for hydroxylation is 1. The number of hydrogen-bond acceptors (Lipinski definition) is 14. The maximum atomic E-state index is 11.2. The van der Waals surface area contributed by atoms with Crippen molar-refractivity contribution in [1.29, 1.82) is 0 Å². The van der Waals surface area contributed by atoms with Crippen molar-refractivity contribution in [2.45, 2.75) is 31.0 Å². The lowest BCUT2D eigenvalue weighted by Crippen LogP contribution is -2.32. The second-order valence-corrected chi connectivity index (χ2v) is 8.39. The number of aliphatic hydroxyl groups is 1. The Bertz CT molecular complexity index is 1440. The number of tetrazole rings is 1. The first-order valence-electron chi connectivity index (χ1n) is 11.5. The van der Waals surface area contributed by atoms with Crippen molar-refractivity contribution in [3.8, 4) is 11.5 Å². The number of benzene rings is 1. The highest BCUT2D eigenvalue weighted by Gasteiger charge is 2.49. The van der Waals surface area contributed by atoms with Crippen LogP contribution in [0.3, 0.4) is 0 Å². The summed E-state index contributed by atoms with van der Waals surface area (Å²) in [7, 11) is 4.75. The first-order chi connectivity index (χ1) is 18.4. The summed E-state index contributed by atoms with van der Waals surface area (Å²) in [4.78, 5) is 25.6. The van der Waals surface area contributed by atoms with Gasteiger partial charge in [0.25, 0.3) is 6.47 Å². The van der Waals surface area contributed by atoms with Crippen LogP contribution >= 0.6 is 0 Å². The quantitative estimate of drug-likeness (QED) is 0.229. The van der Waals surface area contributed by atoms with Gasteiger partial charge in [0.05, 0.1) is 27.6 Å². The van der Waals surface area contributed by atoms with E-state index in [-0.39, 0.29) is 24.1 Å². The van der Waals surface area contributed by atoms with Crippen molar-refractivity contribution in [2.24, 2.45) is 7.05 Å². The van der Waals surface area contributed by atoms with Gasteiger partial charge >= 0.3 is 0 Å². The SMILES string of the molecule is COc1ccc(CCNc2nc(N)c3ncn([C@@H]4O[C@H](c5nnn(C)n5)[C@@H](O)[C@H]4OC=O)c3n2)cc1OC. The number of rotatable bonds is 10. The number of nitrogens with two attached hydrogens (primary N) is 1. The van der Waals surface area contributed by atoms with E-state index in [9.17, 15) is 9.90 Å². The molecule has 16 heteroatoms. The van der Waals surface area contributed by atoms with Crippen molar-refractivity contribution in [1.82, 2.24) is 39.7 Å². The molecule has 0 radical (unpaired) electrons. The van der Waals surface area contributed by atoms with Crippen LogP contribution in [0, 0.1) is 0 Å². The van der Waals surface area contributed by atoms with Crippen molar-refractivity contribution in [3.63, 3.8) is 0 Å². The van der Waals surface area contributed by atoms with Crippen molar-refractivity contribution in [3.05, 3.63) is 35.9 Å². The van der Waals surface area contributed by atoms with E-state index in [4.69, 9.17) is 24.7 Å². The Morgan fingerprint density at radius 3 is 2.76 bits per heavy atom. The molecule has 1 saturated heterocycles. The van der Waals surface area contributed by atoms with Gasteiger partial charge in [-0.25, -0.2) is 4.98 Å². The van der Waals surface area contributed by atoms with E-state index >= 15 is 0 Å². The van der Waals surface area contributed by atoms with Crippen molar-refractivity contribution < 1.29 is 28.8 Å². The minimum Gasteiger partial charge on any atom is -0.493 e. The first kappa shape index (κ1) is 25.1. The largest absolute Gasteiger partial charge is 0.493 e. The van der Waals surface area contributed by atoms with E-state index in [0.717, 1.165) is 5.56 Å². The molecular formula is C22H26N10O6. The molecule has 3 aromatic heterocycles. The molecule has 1 aliphatic rings. The zero-order valence-corrected chi connectivity index (χ0v) is 20.8. The van der Waals surface area contributed by atoms with Gasteiger partial charge in [0.1, 0.15) is 11.6 Å². The maximum Gasteiger partial charge on any atom is 0.293 e. The van der Waals surface area contributed by atoms with Gasteiger partial charge in [-0.3, -0.25) is 9.36 Å². The number of carbonyl (C=O) groups excluding carboxylic acids is 1. The fraction of sp³-hybridized carbons (Fsp3) is 0.409. The Hall–Kier alpha value is -4.57. The van der Waals surface area contributed by atoms with Crippen LogP contribution < -0.4 is 20.5 Å². The normalized spacial score (nSPS) is 20.9. The Morgan fingerprint density at radius 2 is 2.05 bits per heavy atom. The highest BCUT2D eigenvalue weighted by Crippen LogP contribution is 2.40. The van der Waals surface area contributed by atoms with E-state index in [1.807, 2.05) is 18.2 Å². The lowest BCUT2D eigenvalue weighted by molar-refractivity contribution is -0.142. The summed E-state index contributed by atoms with van der Waals surface area (Å²) in [6.45, 7) is 0.727. The van der Waals surface area contributed by atoms with Gasteiger partial charge in [-0.05, 0) is 29.3 Å². The number of ether oxygens (including phenoxy) is 4. The molecule has 4 heterocycles. The van der Waals surface area contributed by atoms with Crippen LogP contribution in [0.1, 0.15) is 23.7 Å². The van der Waals surface area contributed by atoms with Gasteiger partial charge in [-0.15, -0.1) is 10.2 Å². The Balaban J connectivity index is 1.38. The van der Waals surface area contributed by atoms with Crippen LogP contribution in [0.4, 0.5) is 11.8 Å². The van der Waals surface area contributed by atoms with Gasteiger partial charge in [0.15, 0.2) is 41.4 Å². The molecule has 16 nitrogen and oxygen atoms in total. The molecule has 5 rings (SSSR count). The second-order valence-electron chi connectivity index (χ2n) is 8.39. The minimum atomic E-state index is -1.27. The molecule has 0 saturated carbocycles. The predicted octanol–water partition coefficient (Wildman–Crippen LogP) is -0.224. The van der Waals surface area contributed by atoms with Crippen LogP contribution in [0.15, 0.2) is 24.5 Å². The Morgan fingerprint density at radius 1 is 1.24 bits per heavy atom. The molecule has 200 valence electrons.